The van der Waals surface area contributed by atoms with E-state index in [1.165, 1.54) is 52.9 Å². The highest BCUT2D eigenvalue weighted by Crippen LogP contribution is 2.39. The van der Waals surface area contributed by atoms with Crippen LogP contribution in [-0.4, -0.2) is 69.4 Å². The predicted molar refractivity (Wildman–Crippen MR) is 168 cm³/mol. The molecule has 0 radical (unpaired) electrons. The molecule has 1 N–H and O–H groups in total. The summed E-state index contributed by atoms with van der Waals surface area (Å²) in [5, 5.41) is 15.2. The predicted octanol–water partition coefficient (Wildman–Crippen LogP) is 6.40. The Labute approximate surface area is 251 Å². The summed E-state index contributed by atoms with van der Waals surface area (Å²) in [6.07, 6.45) is 6.77. The van der Waals surface area contributed by atoms with Crippen molar-refractivity contribution in [3.8, 4) is 0 Å². The molecule has 3 fully saturated rings. The largest absolute Gasteiger partial charge is 0.480 e. The maximum Gasteiger partial charge on any atom is 0.320 e. The number of aromatic nitrogens is 2. The zero-order valence-electron chi connectivity index (χ0n) is 25.7. The van der Waals surface area contributed by atoms with Crippen LogP contribution >= 0.6 is 0 Å². The molecule has 0 amide bonds. The first-order valence-corrected chi connectivity index (χ1v) is 16.2. The Bertz CT molecular complexity index is 1360. The van der Waals surface area contributed by atoms with Gasteiger partial charge in [-0.05, 0) is 87.6 Å². The van der Waals surface area contributed by atoms with Crippen LogP contribution in [0.5, 0.6) is 0 Å². The molecule has 2 saturated heterocycles. The molecule has 3 aliphatic rings. The van der Waals surface area contributed by atoms with Crippen molar-refractivity contribution in [3.63, 3.8) is 0 Å². The first-order chi connectivity index (χ1) is 20.4. The van der Waals surface area contributed by atoms with Crippen LogP contribution < -0.4 is 0 Å². The number of piperidine rings is 1. The monoisotopic (exact) mass is 568 g/mol. The molecule has 3 heterocycles. The van der Waals surface area contributed by atoms with Crippen LogP contribution in [-0.2, 0) is 11.3 Å². The number of hydrogen-bond acceptors (Lipinski definition) is 4. The smallest absolute Gasteiger partial charge is 0.320 e. The number of carboxylic acids is 1. The number of rotatable bonds is 10. The molecular weight excluding hydrogens is 520 g/mol. The van der Waals surface area contributed by atoms with E-state index in [0.29, 0.717) is 23.7 Å². The highest BCUT2D eigenvalue weighted by molar-refractivity contribution is 5.73. The quantitative estimate of drug-likeness (QED) is 0.307. The molecule has 6 rings (SSSR count). The molecule has 1 aliphatic carbocycles. The van der Waals surface area contributed by atoms with Gasteiger partial charge in [-0.3, -0.25) is 14.4 Å². The van der Waals surface area contributed by atoms with E-state index in [4.69, 9.17) is 5.10 Å². The third kappa shape index (κ3) is 6.35. The van der Waals surface area contributed by atoms with Crippen molar-refractivity contribution in [2.45, 2.75) is 83.7 Å². The van der Waals surface area contributed by atoms with Crippen LogP contribution in [0, 0.1) is 32.6 Å². The van der Waals surface area contributed by atoms with Gasteiger partial charge in [0.1, 0.15) is 6.04 Å². The van der Waals surface area contributed by atoms with Gasteiger partial charge in [0.2, 0.25) is 0 Å². The molecule has 3 atom stereocenters. The van der Waals surface area contributed by atoms with E-state index in [1.54, 1.807) is 0 Å². The number of carboxylic acid groups (broad SMARTS) is 1. The average Bonchev–Trinajstić information content (AvgIpc) is 3.48. The lowest BCUT2D eigenvalue weighted by Gasteiger charge is -2.35. The van der Waals surface area contributed by atoms with Crippen LogP contribution in [0.2, 0.25) is 0 Å². The Morgan fingerprint density at radius 2 is 1.74 bits per heavy atom. The molecule has 3 unspecified atom stereocenters. The zero-order chi connectivity index (χ0) is 29.2. The Hall–Kier alpha value is -2.96. The summed E-state index contributed by atoms with van der Waals surface area (Å²) in [6, 6.07) is 19.2. The molecule has 1 saturated carbocycles. The standard InChI is InChI=1S/C36H48N4O2/c1-25-9-7-14-31(19-25)33-24-39(34(36(41)42)20-28-12-8-13-28)23-32(33)22-38-17-15-30(16-18-38)35-26(2)37-40(27(35)3)21-29-10-5-4-6-11-29/h4-7,9-11,14,19,28,30,32-34H,8,12-13,15-18,20-24H2,1-3H3,(H,41,42). The summed E-state index contributed by atoms with van der Waals surface area (Å²) in [4.78, 5) is 17.4. The number of aryl methyl sites for hydroxylation is 2. The van der Waals surface area contributed by atoms with E-state index >= 15 is 0 Å². The first-order valence-electron chi connectivity index (χ1n) is 16.2. The molecule has 224 valence electrons. The van der Waals surface area contributed by atoms with Crippen molar-refractivity contribution < 1.29 is 9.90 Å². The zero-order valence-corrected chi connectivity index (χ0v) is 25.7. The van der Waals surface area contributed by atoms with E-state index in [0.717, 1.165) is 58.5 Å². The van der Waals surface area contributed by atoms with E-state index in [-0.39, 0.29) is 6.04 Å². The van der Waals surface area contributed by atoms with E-state index in [2.05, 4.69) is 89.9 Å². The molecule has 2 aliphatic heterocycles. The number of aliphatic carboxylic acids is 1. The normalized spacial score (nSPS) is 23.2. The number of carbonyl (C=O) groups is 1. The van der Waals surface area contributed by atoms with Gasteiger partial charge in [-0.1, -0.05) is 79.4 Å². The molecular formula is C36H48N4O2. The topological polar surface area (TPSA) is 61.6 Å². The van der Waals surface area contributed by atoms with Crippen LogP contribution in [0.1, 0.15) is 84.0 Å². The van der Waals surface area contributed by atoms with E-state index in [1.807, 2.05) is 0 Å². The Morgan fingerprint density at radius 3 is 2.40 bits per heavy atom. The Morgan fingerprint density at radius 1 is 0.976 bits per heavy atom. The third-order valence-electron chi connectivity index (χ3n) is 10.5. The van der Waals surface area contributed by atoms with Crippen LogP contribution in [0.4, 0.5) is 0 Å². The third-order valence-corrected chi connectivity index (χ3v) is 10.5. The van der Waals surface area contributed by atoms with Gasteiger partial charge in [0.15, 0.2) is 0 Å². The van der Waals surface area contributed by atoms with Crippen LogP contribution in [0.15, 0.2) is 54.6 Å². The van der Waals surface area contributed by atoms with E-state index < -0.39 is 5.97 Å². The summed E-state index contributed by atoms with van der Waals surface area (Å²) in [5.41, 5.74) is 7.90. The summed E-state index contributed by atoms with van der Waals surface area (Å²) in [7, 11) is 0. The fourth-order valence-electron chi connectivity index (χ4n) is 8.02. The molecule has 3 aromatic rings. The fraction of sp³-hybridized carbons (Fsp3) is 0.556. The van der Waals surface area contributed by atoms with Gasteiger partial charge in [-0.15, -0.1) is 0 Å². The average molecular weight is 569 g/mol. The molecule has 6 nitrogen and oxygen atoms in total. The van der Waals surface area contributed by atoms with Gasteiger partial charge < -0.3 is 10.0 Å². The van der Waals surface area contributed by atoms with Gasteiger partial charge in [0.05, 0.1) is 12.2 Å². The second kappa shape index (κ2) is 12.7. The fourth-order valence-corrected chi connectivity index (χ4v) is 8.02. The molecule has 1 aromatic heterocycles. The highest BCUT2D eigenvalue weighted by atomic mass is 16.4. The van der Waals surface area contributed by atoms with Gasteiger partial charge >= 0.3 is 5.97 Å². The van der Waals surface area contributed by atoms with E-state index in [9.17, 15) is 9.90 Å². The van der Waals surface area contributed by atoms with Gasteiger partial charge in [-0.2, -0.15) is 5.10 Å². The molecule has 6 heteroatoms. The lowest BCUT2D eigenvalue weighted by molar-refractivity contribution is -0.144. The minimum Gasteiger partial charge on any atom is -0.480 e. The number of nitrogens with zero attached hydrogens (tertiary/aromatic N) is 4. The molecule has 0 bridgehead atoms. The van der Waals surface area contributed by atoms with Crippen molar-refractivity contribution >= 4 is 5.97 Å². The lowest BCUT2D eigenvalue weighted by Crippen LogP contribution is -2.43. The molecule has 0 spiro atoms. The van der Waals surface area contributed by atoms with Crippen LogP contribution in [0.3, 0.4) is 0 Å². The lowest BCUT2D eigenvalue weighted by atomic mass is 9.80. The minimum atomic E-state index is -0.634. The Balaban J connectivity index is 1.13. The summed E-state index contributed by atoms with van der Waals surface area (Å²) < 4.78 is 2.19. The molecule has 42 heavy (non-hydrogen) atoms. The van der Waals surface area contributed by atoms with Crippen molar-refractivity contribution in [2.75, 3.05) is 32.7 Å². The maximum absolute atomic E-state index is 12.4. The number of benzene rings is 2. The van der Waals surface area contributed by atoms with Gasteiger partial charge in [0.25, 0.3) is 0 Å². The Kier molecular flexibility index (Phi) is 8.83. The summed E-state index contributed by atoms with van der Waals surface area (Å²) >= 11 is 0. The van der Waals surface area contributed by atoms with Crippen molar-refractivity contribution in [1.29, 1.82) is 0 Å². The first kappa shape index (κ1) is 29.1. The van der Waals surface area contributed by atoms with Crippen molar-refractivity contribution in [2.24, 2.45) is 11.8 Å². The van der Waals surface area contributed by atoms with Crippen molar-refractivity contribution in [1.82, 2.24) is 19.6 Å². The van der Waals surface area contributed by atoms with Gasteiger partial charge in [-0.25, -0.2) is 0 Å². The highest BCUT2D eigenvalue weighted by Gasteiger charge is 2.41. The SMILES string of the molecule is Cc1cccc(C2CN(C(CC3CCC3)C(=O)O)CC2CN2CCC(c3c(C)nn(Cc4ccccc4)c3C)CC2)c1. The van der Waals surface area contributed by atoms with Crippen molar-refractivity contribution in [3.05, 3.63) is 88.2 Å². The second-order valence-corrected chi connectivity index (χ2v) is 13.4. The summed E-state index contributed by atoms with van der Waals surface area (Å²) in [6.45, 7) is 12.4. The number of likely N-dealkylation sites (tertiary alicyclic amines) is 2. The second-order valence-electron chi connectivity index (χ2n) is 13.4. The maximum atomic E-state index is 12.4. The van der Waals surface area contributed by atoms with Gasteiger partial charge in [0, 0.05) is 31.2 Å². The minimum absolute atomic E-state index is 0.350. The number of hydrogen-bond donors (Lipinski definition) is 1. The summed E-state index contributed by atoms with van der Waals surface area (Å²) in [5.74, 6) is 1.34. The van der Waals surface area contributed by atoms with Crippen LogP contribution in [0.25, 0.3) is 0 Å². The molecule has 2 aromatic carbocycles.